The third-order valence-electron chi connectivity index (χ3n) is 4.45. The maximum atomic E-state index is 12.2. The largest absolute Gasteiger partial charge is 0.481 e. The first-order valence-corrected chi connectivity index (χ1v) is 9.29. The first kappa shape index (κ1) is 20.5. The number of carboxylic acids is 1. The highest BCUT2D eigenvalue weighted by Gasteiger charge is 2.14. The zero-order chi connectivity index (χ0) is 19.8. The van der Waals surface area contributed by atoms with E-state index in [4.69, 9.17) is 9.52 Å². The summed E-state index contributed by atoms with van der Waals surface area (Å²) in [5.41, 5.74) is 0.732. The van der Waals surface area contributed by atoms with Gasteiger partial charge in [-0.25, -0.2) is 4.79 Å². The van der Waals surface area contributed by atoms with Crippen LogP contribution in [0, 0.1) is 0 Å². The highest BCUT2D eigenvalue weighted by Crippen LogP contribution is 2.21. The molecule has 1 aromatic carbocycles. The summed E-state index contributed by atoms with van der Waals surface area (Å²) in [6.07, 6.45) is 2.05. The first-order valence-electron chi connectivity index (χ1n) is 9.29. The second-order valence-electron chi connectivity index (χ2n) is 6.30. The Balaban J connectivity index is 2.05. The molecule has 0 aliphatic carbocycles. The predicted octanol–water partition coefficient (Wildman–Crippen LogP) is 3.01. The Bertz CT molecular complexity index is 855. The Morgan fingerprint density at radius 3 is 2.52 bits per heavy atom. The number of amides is 1. The summed E-state index contributed by atoms with van der Waals surface area (Å²) in [6, 6.07) is 7.15. The Labute approximate surface area is 158 Å². The van der Waals surface area contributed by atoms with Crippen molar-refractivity contribution < 1.29 is 19.1 Å². The van der Waals surface area contributed by atoms with Crippen LogP contribution in [-0.4, -0.2) is 36.6 Å². The van der Waals surface area contributed by atoms with Crippen LogP contribution in [0.15, 0.2) is 33.5 Å². The number of fused-ring (bicyclic) bond motifs is 1. The maximum Gasteiger partial charge on any atom is 0.349 e. The minimum absolute atomic E-state index is 0.0244. The van der Waals surface area contributed by atoms with Crippen molar-refractivity contribution in [1.29, 1.82) is 0 Å². The second kappa shape index (κ2) is 9.75. The van der Waals surface area contributed by atoms with E-state index in [0.29, 0.717) is 36.8 Å². The van der Waals surface area contributed by atoms with Crippen LogP contribution in [0.3, 0.4) is 0 Å². The average molecular weight is 374 g/mol. The molecular formula is C20H26N2O5. The van der Waals surface area contributed by atoms with Crippen molar-refractivity contribution in [2.45, 2.75) is 39.5 Å². The topological polar surface area (TPSA) is 99.9 Å². The van der Waals surface area contributed by atoms with E-state index in [1.54, 1.807) is 6.07 Å². The Morgan fingerprint density at radius 2 is 1.85 bits per heavy atom. The fourth-order valence-corrected chi connectivity index (χ4v) is 2.92. The molecule has 2 rings (SSSR count). The molecule has 1 heterocycles. The second-order valence-corrected chi connectivity index (χ2v) is 6.30. The number of carbonyl (C=O) groups excluding carboxylic acids is 1. The van der Waals surface area contributed by atoms with Gasteiger partial charge in [0.2, 0.25) is 0 Å². The molecule has 1 aromatic heterocycles. The monoisotopic (exact) mass is 374 g/mol. The molecule has 2 aromatic rings. The lowest BCUT2D eigenvalue weighted by Gasteiger charge is -2.21. The Kier molecular flexibility index (Phi) is 7.40. The summed E-state index contributed by atoms with van der Waals surface area (Å²) < 4.78 is 5.36. The molecule has 7 nitrogen and oxygen atoms in total. The van der Waals surface area contributed by atoms with E-state index in [2.05, 4.69) is 24.1 Å². The minimum Gasteiger partial charge on any atom is -0.481 e. The molecule has 1 amide bonds. The van der Waals surface area contributed by atoms with Crippen molar-refractivity contribution in [2.24, 2.45) is 0 Å². The van der Waals surface area contributed by atoms with Gasteiger partial charge < -0.3 is 19.7 Å². The van der Waals surface area contributed by atoms with Gasteiger partial charge in [0.25, 0.3) is 5.91 Å². The van der Waals surface area contributed by atoms with Gasteiger partial charge in [0, 0.05) is 43.2 Å². The van der Waals surface area contributed by atoms with Gasteiger partial charge in [0.1, 0.15) is 11.1 Å². The van der Waals surface area contributed by atoms with Crippen molar-refractivity contribution in [1.82, 2.24) is 5.32 Å². The number of carbonyl (C=O) groups is 2. The molecular weight excluding hydrogens is 348 g/mol. The standard InChI is InChI=1S/C20H26N2O5/c1-3-22(4-2)15-10-9-14-12-16(20(26)27-17(14)13-15)19(25)21-11-7-5-6-8-18(23)24/h9-10,12-13H,3-8,11H2,1-2H3,(H,21,25)(H,23,24). The molecule has 0 aliphatic rings. The van der Waals surface area contributed by atoms with E-state index >= 15 is 0 Å². The maximum absolute atomic E-state index is 12.2. The molecule has 146 valence electrons. The van der Waals surface area contributed by atoms with Crippen LogP contribution in [0.1, 0.15) is 49.9 Å². The van der Waals surface area contributed by atoms with E-state index in [-0.39, 0.29) is 12.0 Å². The molecule has 0 bridgehead atoms. The van der Waals surface area contributed by atoms with Crippen LogP contribution in [0.25, 0.3) is 11.0 Å². The van der Waals surface area contributed by atoms with Gasteiger partial charge in [-0.1, -0.05) is 6.42 Å². The van der Waals surface area contributed by atoms with E-state index in [1.165, 1.54) is 0 Å². The normalized spacial score (nSPS) is 10.7. The lowest BCUT2D eigenvalue weighted by atomic mass is 10.1. The average Bonchev–Trinajstić information content (AvgIpc) is 2.64. The minimum atomic E-state index is -0.822. The van der Waals surface area contributed by atoms with Gasteiger partial charge in [0.05, 0.1) is 0 Å². The zero-order valence-corrected chi connectivity index (χ0v) is 15.8. The van der Waals surface area contributed by atoms with Gasteiger partial charge in [0.15, 0.2) is 0 Å². The third kappa shape index (κ3) is 5.57. The fraction of sp³-hybridized carbons (Fsp3) is 0.450. The van der Waals surface area contributed by atoms with Crippen molar-refractivity contribution in [3.63, 3.8) is 0 Å². The lowest BCUT2D eigenvalue weighted by Crippen LogP contribution is -2.29. The summed E-state index contributed by atoms with van der Waals surface area (Å²) in [6.45, 7) is 6.19. The molecule has 7 heteroatoms. The highest BCUT2D eigenvalue weighted by molar-refractivity contribution is 5.96. The van der Waals surface area contributed by atoms with E-state index in [1.807, 2.05) is 18.2 Å². The van der Waals surface area contributed by atoms with Crippen LogP contribution in [0.5, 0.6) is 0 Å². The predicted molar refractivity (Wildman–Crippen MR) is 104 cm³/mol. The van der Waals surface area contributed by atoms with Crippen LogP contribution in [0.2, 0.25) is 0 Å². The number of hydrogen-bond donors (Lipinski definition) is 2. The summed E-state index contributed by atoms with van der Waals surface area (Å²) in [4.78, 5) is 37.0. The van der Waals surface area contributed by atoms with Crippen LogP contribution >= 0.6 is 0 Å². The zero-order valence-electron chi connectivity index (χ0n) is 15.8. The number of aliphatic carboxylic acids is 1. The Hall–Kier alpha value is -2.83. The van der Waals surface area contributed by atoms with Gasteiger partial charge in [-0.2, -0.15) is 0 Å². The van der Waals surface area contributed by atoms with Gasteiger partial charge in [-0.15, -0.1) is 0 Å². The van der Waals surface area contributed by atoms with Crippen molar-refractivity contribution in [3.8, 4) is 0 Å². The van der Waals surface area contributed by atoms with E-state index in [0.717, 1.165) is 18.8 Å². The number of benzene rings is 1. The number of nitrogens with one attached hydrogen (secondary N) is 1. The first-order chi connectivity index (χ1) is 13.0. The number of nitrogens with zero attached hydrogens (tertiary/aromatic N) is 1. The summed E-state index contributed by atoms with van der Waals surface area (Å²) >= 11 is 0. The summed E-state index contributed by atoms with van der Waals surface area (Å²) in [5.74, 6) is -1.30. The number of rotatable bonds is 10. The van der Waals surface area contributed by atoms with Gasteiger partial charge in [-0.05, 0) is 44.9 Å². The van der Waals surface area contributed by atoms with E-state index in [9.17, 15) is 14.4 Å². The van der Waals surface area contributed by atoms with Gasteiger partial charge >= 0.3 is 11.6 Å². The third-order valence-corrected chi connectivity index (χ3v) is 4.45. The van der Waals surface area contributed by atoms with Gasteiger partial charge in [-0.3, -0.25) is 9.59 Å². The number of carboxylic acid groups (broad SMARTS) is 1. The van der Waals surface area contributed by atoms with Crippen LogP contribution in [-0.2, 0) is 4.79 Å². The van der Waals surface area contributed by atoms with Crippen LogP contribution < -0.4 is 15.8 Å². The van der Waals surface area contributed by atoms with Crippen molar-refractivity contribution in [3.05, 3.63) is 40.2 Å². The van der Waals surface area contributed by atoms with Crippen molar-refractivity contribution in [2.75, 3.05) is 24.5 Å². The molecule has 0 spiro atoms. The molecule has 0 saturated heterocycles. The van der Waals surface area contributed by atoms with Crippen molar-refractivity contribution >= 4 is 28.5 Å². The molecule has 0 radical (unpaired) electrons. The quantitative estimate of drug-likeness (QED) is 0.490. The number of unbranched alkanes of at least 4 members (excludes halogenated alkanes) is 2. The van der Waals surface area contributed by atoms with Crippen LogP contribution in [0.4, 0.5) is 5.69 Å². The summed E-state index contributed by atoms with van der Waals surface area (Å²) in [5, 5.41) is 12.0. The summed E-state index contributed by atoms with van der Waals surface area (Å²) in [7, 11) is 0. The Morgan fingerprint density at radius 1 is 1.11 bits per heavy atom. The molecule has 0 atom stereocenters. The fourth-order valence-electron chi connectivity index (χ4n) is 2.92. The molecule has 0 saturated carbocycles. The number of hydrogen-bond acceptors (Lipinski definition) is 5. The molecule has 27 heavy (non-hydrogen) atoms. The number of anilines is 1. The molecule has 0 fully saturated rings. The highest BCUT2D eigenvalue weighted by atomic mass is 16.4. The smallest absolute Gasteiger partial charge is 0.349 e. The lowest BCUT2D eigenvalue weighted by molar-refractivity contribution is -0.137. The van der Waals surface area contributed by atoms with E-state index < -0.39 is 17.5 Å². The SMILES string of the molecule is CCN(CC)c1ccc2cc(C(=O)NCCCCCC(=O)O)c(=O)oc2c1. The molecule has 0 unspecified atom stereocenters. The molecule has 2 N–H and O–H groups in total. The molecule has 0 aliphatic heterocycles.